The van der Waals surface area contributed by atoms with E-state index in [4.69, 9.17) is 0 Å². The molecule has 1 aliphatic rings. The van der Waals surface area contributed by atoms with Crippen LogP contribution in [-0.4, -0.2) is 38.1 Å². The maximum atomic E-state index is 3.27. The van der Waals surface area contributed by atoms with Crippen molar-refractivity contribution in [3.63, 3.8) is 0 Å². The minimum absolute atomic E-state index is 0. The van der Waals surface area contributed by atoms with Gasteiger partial charge >= 0.3 is 29.6 Å². The largest absolute Gasteiger partial charge is 1.00 e. The van der Waals surface area contributed by atoms with E-state index in [1.807, 2.05) is 0 Å². The van der Waals surface area contributed by atoms with Crippen LogP contribution in [0.1, 0.15) is 1.43 Å². The fourth-order valence-corrected chi connectivity index (χ4v) is 0.777. The van der Waals surface area contributed by atoms with E-state index in [1.54, 1.807) is 0 Å². The third kappa shape index (κ3) is 3.05. The number of likely N-dealkylation sites (N-methyl/N-ethyl adjacent to an activating group) is 1. The molecule has 1 saturated heterocycles. The number of nitrogens with one attached hydrogen (secondary N) is 1. The Kier molecular flexibility index (Phi) is 5.31. The van der Waals surface area contributed by atoms with Gasteiger partial charge in [0.05, 0.1) is 0 Å². The second-order valence-electron chi connectivity index (χ2n) is 2.05. The van der Waals surface area contributed by atoms with Crippen molar-refractivity contribution >= 4 is 0 Å². The molecule has 0 aromatic rings. The molecule has 0 radical (unpaired) electrons. The van der Waals surface area contributed by atoms with Crippen LogP contribution in [0.5, 0.6) is 0 Å². The van der Waals surface area contributed by atoms with Crippen LogP contribution in [0.4, 0.5) is 0 Å². The molecule has 3 heteroatoms. The second-order valence-corrected chi connectivity index (χ2v) is 2.05. The fraction of sp³-hybridized carbons (Fsp3) is 1.00. The summed E-state index contributed by atoms with van der Waals surface area (Å²) in [6, 6.07) is 0. The summed E-state index contributed by atoms with van der Waals surface area (Å²) in [5.41, 5.74) is 0. The van der Waals surface area contributed by atoms with Gasteiger partial charge in [-0.3, -0.25) is 0 Å². The second kappa shape index (κ2) is 4.77. The van der Waals surface area contributed by atoms with Crippen molar-refractivity contribution in [2.75, 3.05) is 33.2 Å². The SMILES string of the molecule is CN1CCNCC1.[H-].[Na+]. The topological polar surface area (TPSA) is 15.3 Å². The normalized spacial score (nSPS) is 22.1. The van der Waals surface area contributed by atoms with Gasteiger partial charge in [-0.2, -0.15) is 0 Å². The van der Waals surface area contributed by atoms with E-state index in [0.717, 1.165) is 13.1 Å². The van der Waals surface area contributed by atoms with Crippen LogP contribution in [0.3, 0.4) is 0 Å². The van der Waals surface area contributed by atoms with Gasteiger partial charge in [0.15, 0.2) is 0 Å². The molecule has 0 aliphatic carbocycles. The van der Waals surface area contributed by atoms with Crippen LogP contribution in [0.15, 0.2) is 0 Å². The van der Waals surface area contributed by atoms with Crippen molar-refractivity contribution in [1.29, 1.82) is 0 Å². The van der Waals surface area contributed by atoms with E-state index in [9.17, 15) is 0 Å². The zero-order valence-corrected chi connectivity index (χ0v) is 7.78. The van der Waals surface area contributed by atoms with Gasteiger partial charge in [0.1, 0.15) is 0 Å². The van der Waals surface area contributed by atoms with Gasteiger partial charge in [0, 0.05) is 26.2 Å². The molecular formula is C5H13N2Na. The van der Waals surface area contributed by atoms with Crippen LogP contribution < -0.4 is 34.9 Å². The molecule has 0 aromatic carbocycles. The first-order chi connectivity index (χ1) is 3.39. The van der Waals surface area contributed by atoms with Crippen LogP contribution in [0, 0.1) is 0 Å². The first-order valence-corrected chi connectivity index (χ1v) is 2.79. The molecule has 0 aromatic heterocycles. The quantitative estimate of drug-likeness (QED) is 0.339. The Balaban J connectivity index is 0. The van der Waals surface area contributed by atoms with Crippen LogP contribution in [0.25, 0.3) is 0 Å². The Labute approximate surface area is 74.4 Å². The monoisotopic (exact) mass is 124 g/mol. The van der Waals surface area contributed by atoms with Gasteiger partial charge in [-0.15, -0.1) is 0 Å². The number of hydrogen-bond donors (Lipinski definition) is 1. The zero-order valence-electron chi connectivity index (χ0n) is 6.78. The molecule has 2 nitrogen and oxygen atoms in total. The Morgan fingerprint density at radius 1 is 1.38 bits per heavy atom. The molecule has 0 spiro atoms. The maximum Gasteiger partial charge on any atom is 1.00 e. The summed E-state index contributed by atoms with van der Waals surface area (Å²) in [5, 5.41) is 3.27. The molecule has 0 amide bonds. The Morgan fingerprint density at radius 2 is 1.88 bits per heavy atom. The first kappa shape index (κ1) is 8.92. The average Bonchev–Trinajstić information content (AvgIpc) is 1.69. The van der Waals surface area contributed by atoms with Crippen molar-refractivity contribution in [3.8, 4) is 0 Å². The summed E-state index contributed by atoms with van der Waals surface area (Å²) >= 11 is 0. The number of piperazine rings is 1. The smallest absolute Gasteiger partial charge is 1.00 e. The molecule has 0 bridgehead atoms. The molecule has 44 valence electrons. The Morgan fingerprint density at radius 3 is 2.12 bits per heavy atom. The minimum Gasteiger partial charge on any atom is -1.00 e. The standard InChI is InChI=1S/C5H12N2.Na.H/c1-7-4-2-6-3-5-7;;/h6H,2-5H2,1H3;;/q;+1;-1. The predicted octanol–water partition coefficient (Wildman–Crippen LogP) is -3.36. The molecule has 0 unspecified atom stereocenters. The summed E-state index contributed by atoms with van der Waals surface area (Å²) < 4.78 is 0. The third-order valence-corrected chi connectivity index (χ3v) is 1.34. The van der Waals surface area contributed by atoms with Crippen LogP contribution in [0.2, 0.25) is 0 Å². The summed E-state index contributed by atoms with van der Waals surface area (Å²) in [4.78, 5) is 2.33. The first-order valence-electron chi connectivity index (χ1n) is 2.79. The molecule has 0 atom stereocenters. The van der Waals surface area contributed by atoms with Gasteiger partial charge in [-0.25, -0.2) is 0 Å². The van der Waals surface area contributed by atoms with E-state index < -0.39 is 0 Å². The number of hydrogen-bond acceptors (Lipinski definition) is 2. The van der Waals surface area contributed by atoms with Crippen molar-refractivity contribution in [2.24, 2.45) is 0 Å². The molecular weight excluding hydrogens is 111 g/mol. The molecule has 1 rings (SSSR count). The van der Waals surface area contributed by atoms with Crippen LogP contribution >= 0.6 is 0 Å². The number of rotatable bonds is 0. The molecule has 8 heavy (non-hydrogen) atoms. The van der Waals surface area contributed by atoms with Crippen molar-refractivity contribution in [1.82, 2.24) is 10.2 Å². The summed E-state index contributed by atoms with van der Waals surface area (Å²) in [6.45, 7) is 4.74. The van der Waals surface area contributed by atoms with Crippen LogP contribution in [-0.2, 0) is 0 Å². The average molecular weight is 124 g/mol. The Bertz CT molecular complexity index is 56.9. The molecule has 1 fully saturated rings. The minimum atomic E-state index is 0. The third-order valence-electron chi connectivity index (χ3n) is 1.34. The maximum absolute atomic E-state index is 3.27. The zero-order chi connectivity index (χ0) is 5.11. The van der Waals surface area contributed by atoms with Crippen molar-refractivity contribution < 1.29 is 31.0 Å². The van der Waals surface area contributed by atoms with E-state index >= 15 is 0 Å². The summed E-state index contributed by atoms with van der Waals surface area (Å²) in [7, 11) is 2.15. The van der Waals surface area contributed by atoms with Gasteiger partial charge in [-0.1, -0.05) is 0 Å². The fourth-order valence-electron chi connectivity index (χ4n) is 0.777. The van der Waals surface area contributed by atoms with E-state index in [0.29, 0.717) is 0 Å². The Hall–Kier alpha value is 0.920. The molecule has 1 aliphatic heterocycles. The van der Waals surface area contributed by atoms with Crippen molar-refractivity contribution in [2.45, 2.75) is 0 Å². The molecule has 0 saturated carbocycles. The summed E-state index contributed by atoms with van der Waals surface area (Å²) in [6.07, 6.45) is 0. The summed E-state index contributed by atoms with van der Waals surface area (Å²) in [5.74, 6) is 0. The molecule has 1 N–H and O–H groups in total. The predicted molar refractivity (Wildman–Crippen MR) is 31.5 cm³/mol. The van der Waals surface area contributed by atoms with E-state index in [-0.39, 0.29) is 31.0 Å². The number of nitrogens with zero attached hydrogens (tertiary/aromatic N) is 1. The van der Waals surface area contributed by atoms with Gasteiger partial charge in [-0.05, 0) is 7.05 Å². The van der Waals surface area contributed by atoms with Gasteiger partial charge in [0.25, 0.3) is 0 Å². The van der Waals surface area contributed by atoms with Crippen molar-refractivity contribution in [3.05, 3.63) is 0 Å². The van der Waals surface area contributed by atoms with E-state index in [1.165, 1.54) is 13.1 Å². The van der Waals surface area contributed by atoms with E-state index in [2.05, 4.69) is 17.3 Å². The van der Waals surface area contributed by atoms with Gasteiger partial charge < -0.3 is 11.6 Å². The van der Waals surface area contributed by atoms with Gasteiger partial charge in [0.2, 0.25) is 0 Å². The molecule has 1 heterocycles.